The highest BCUT2D eigenvalue weighted by molar-refractivity contribution is 9.10. The van der Waals surface area contributed by atoms with Crippen LogP contribution in [-0.4, -0.2) is 28.3 Å². The number of nitrogens with zero attached hydrogens (tertiary/aromatic N) is 1. The zero-order valence-electron chi connectivity index (χ0n) is 10.7. The summed E-state index contributed by atoms with van der Waals surface area (Å²) in [7, 11) is 0. The maximum absolute atomic E-state index is 11.7. The van der Waals surface area contributed by atoms with Crippen LogP contribution in [-0.2, 0) is 0 Å². The molecule has 0 saturated heterocycles. The number of ether oxygens (including phenoxy) is 2. The Labute approximate surface area is 132 Å². The Bertz CT molecular complexity index is 763. The van der Waals surface area contributed by atoms with Crippen LogP contribution in [0.2, 0.25) is 5.02 Å². The Morgan fingerprint density at radius 1 is 1.33 bits per heavy atom. The lowest BCUT2D eigenvalue weighted by Gasteiger charge is -2.11. The number of aromatic hydroxyl groups is 1. The van der Waals surface area contributed by atoms with Gasteiger partial charge in [-0.3, -0.25) is 4.79 Å². The molecule has 0 amide bonds. The molecule has 0 aliphatic carbocycles. The van der Waals surface area contributed by atoms with Gasteiger partial charge in [-0.1, -0.05) is 11.6 Å². The molecule has 110 valence electrons. The van der Waals surface area contributed by atoms with Gasteiger partial charge in [0.2, 0.25) is 5.88 Å². The van der Waals surface area contributed by atoms with Crippen molar-refractivity contribution in [2.75, 3.05) is 13.2 Å². The Balaban J connectivity index is 2.14. The van der Waals surface area contributed by atoms with Crippen LogP contribution in [0.1, 0.15) is 6.42 Å². The molecular weight excluding hydrogens is 364 g/mol. The molecule has 2 N–H and O–H groups in total. The molecule has 3 rings (SSSR count). The van der Waals surface area contributed by atoms with E-state index in [0.717, 1.165) is 6.42 Å². The number of halogens is 2. The van der Waals surface area contributed by atoms with Crippen LogP contribution < -0.4 is 15.0 Å². The molecule has 8 heteroatoms. The summed E-state index contributed by atoms with van der Waals surface area (Å²) in [5.74, 6) is 0.761. The number of aromatic nitrogens is 2. The largest absolute Gasteiger partial charge is 0.492 e. The van der Waals surface area contributed by atoms with Crippen LogP contribution in [0.5, 0.6) is 17.4 Å². The van der Waals surface area contributed by atoms with Crippen LogP contribution in [0.25, 0.3) is 11.4 Å². The topological polar surface area (TPSA) is 84.4 Å². The van der Waals surface area contributed by atoms with Crippen molar-refractivity contribution in [2.45, 2.75) is 6.42 Å². The summed E-state index contributed by atoms with van der Waals surface area (Å²) in [5.41, 5.74) is 0.0323. The van der Waals surface area contributed by atoms with E-state index in [0.29, 0.717) is 35.3 Å². The second-order valence-corrected chi connectivity index (χ2v) is 5.59. The molecule has 21 heavy (non-hydrogen) atoms. The molecule has 1 aliphatic heterocycles. The highest BCUT2D eigenvalue weighted by Crippen LogP contribution is 2.40. The number of H-pyrrole nitrogens is 1. The summed E-state index contributed by atoms with van der Waals surface area (Å²) in [6, 6.07) is 3.26. The normalized spacial score (nSPS) is 13.8. The summed E-state index contributed by atoms with van der Waals surface area (Å²) in [5, 5.41) is 9.98. The predicted octanol–water partition coefficient (Wildman–Crippen LogP) is 2.72. The summed E-state index contributed by atoms with van der Waals surface area (Å²) < 4.78 is 11.1. The molecule has 0 saturated carbocycles. The van der Waals surface area contributed by atoms with Crippen molar-refractivity contribution in [3.8, 4) is 28.8 Å². The smallest absolute Gasteiger partial charge is 0.269 e. The number of hydrogen-bond donors (Lipinski definition) is 2. The van der Waals surface area contributed by atoms with Crippen molar-refractivity contribution in [3.63, 3.8) is 0 Å². The van der Waals surface area contributed by atoms with Crippen molar-refractivity contribution in [2.24, 2.45) is 0 Å². The first-order valence-electron chi connectivity index (χ1n) is 6.14. The van der Waals surface area contributed by atoms with Gasteiger partial charge in [0.05, 0.1) is 18.2 Å². The van der Waals surface area contributed by atoms with Crippen LogP contribution in [0, 0.1) is 0 Å². The number of benzene rings is 1. The van der Waals surface area contributed by atoms with Crippen molar-refractivity contribution < 1.29 is 14.6 Å². The van der Waals surface area contributed by atoms with Crippen LogP contribution in [0.4, 0.5) is 0 Å². The molecule has 0 unspecified atom stereocenters. The van der Waals surface area contributed by atoms with Gasteiger partial charge in [-0.05, 0) is 28.1 Å². The fourth-order valence-electron chi connectivity index (χ4n) is 1.95. The molecule has 1 aromatic carbocycles. The average molecular weight is 374 g/mol. The SMILES string of the molecule is O=c1[nH]c(-c2cc(Cl)c3c(c2)OCCCO3)nc(O)c1Br. The van der Waals surface area contributed by atoms with Gasteiger partial charge in [-0.2, -0.15) is 4.98 Å². The fourth-order valence-corrected chi connectivity index (χ4v) is 2.40. The third kappa shape index (κ3) is 2.71. The zero-order chi connectivity index (χ0) is 15.0. The second-order valence-electron chi connectivity index (χ2n) is 4.39. The molecule has 0 fully saturated rings. The molecule has 0 atom stereocenters. The summed E-state index contributed by atoms with van der Waals surface area (Å²) in [6.45, 7) is 1.04. The van der Waals surface area contributed by atoms with Gasteiger partial charge in [0.1, 0.15) is 10.3 Å². The van der Waals surface area contributed by atoms with Crippen LogP contribution in [0.15, 0.2) is 21.4 Å². The van der Waals surface area contributed by atoms with E-state index in [9.17, 15) is 9.90 Å². The predicted molar refractivity (Wildman–Crippen MR) is 80.3 cm³/mol. The highest BCUT2D eigenvalue weighted by Gasteiger charge is 2.18. The molecule has 0 radical (unpaired) electrons. The van der Waals surface area contributed by atoms with Gasteiger partial charge in [-0.15, -0.1) is 0 Å². The van der Waals surface area contributed by atoms with E-state index in [1.165, 1.54) is 0 Å². The van der Waals surface area contributed by atoms with Gasteiger partial charge in [-0.25, -0.2) is 0 Å². The summed E-state index contributed by atoms with van der Waals surface area (Å²) in [4.78, 5) is 18.1. The Morgan fingerprint density at radius 2 is 2.10 bits per heavy atom. The van der Waals surface area contributed by atoms with E-state index < -0.39 is 11.4 Å². The lowest BCUT2D eigenvalue weighted by molar-refractivity contribution is 0.297. The fraction of sp³-hybridized carbons (Fsp3) is 0.231. The molecule has 6 nitrogen and oxygen atoms in total. The van der Waals surface area contributed by atoms with E-state index in [1.807, 2.05) is 0 Å². The Kier molecular flexibility index (Phi) is 3.77. The maximum atomic E-state index is 11.7. The molecule has 1 aliphatic rings. The third-order valence-corrected chi connectivity index (χ3v) is 3.92. The van der Waals surface area contributed by atoms with E-state index >= 15 is 0 Å². The second kappa shape index (κ2) is 5.57. The third-order valence-electron chi connectivity index (χ3n) is 2.92. The van der Waals surface area contributed by atoms with Crippen molar-refractivity contribution in [3.05, 3.63) is 32.0 Å². The number of hydrogen-bond acceptors (Lipinski definition) is 5. The zero-order valence-corrected chi connectivity index (χ0v) is 13.0. The van der Waals surface area contributed by atoms with E-state index in [4.69, 9.17) is 21.1 Å². The number of fused-ring (bicyclic) bond motifs is 1. The van der Waals surface area contributed by atoms with Gasteiger partial charge in [0, 0.05) is 12.0 Å². The number of nitrogens with one attached hydrogen (secondary N) is 1. The minimum atomic E-state index is -0.485. The Morgan fingerprint density at radius 3 is 2.86 bits per heavy atom. The van der Waals surface area contributed by atoms with Gasteiger partial charge in [0.25, 0.3) is 5.56 Å². The first-order chi connectivity index (χ1) is 10.1. The quantitative estimate of drug-likeness (QED) is 0.803. The van der Waals surface area contributed by atoms with Crippen molar-refractivity contribution in [1.82, 2.24) is 9.97 Å². The van der Waals surface area contributed by atoms with Crippen molar-refractivity contribution >= 4 is 27.5 Å². The first-order valence-corrected chi connectivity index (χ1v) is 7.31. The van der Waals surface area contributed by atoms with E-state index in [-0.39, 0.29) is 10.3 Å². The van der Waals surface area contributed by atoms with Crippen LogP contribution in [0.3, 0.4) is 0 Å². The molecule has 2 aromatic rings. The molecule has 1 aromatic heterocycles. The lowest BCUT2D eigenvalue weighted by Crippen LogP contribution is -2.09. The summed E-state index contributed by atoms with van der Waals surface area (Å²) >= 11 is 9.13. The molecule has 2 heterocycles. The average Bonchev–Trinajstić information content (AvgIpc) is 2.69. The maximum Gasteiger partial charge on any atom is 0.269 e. The van der Waals surface area contributed by atoms with Crippen LogP contribution >= 0.6 is 27.5 Å². The molecule has 0 bridgehead atoms. The molecular formula is C13H10BrClN2O4. The number of rotatable bonds is 1. The number of aromatic amines is 1. The lowest BCUT2D eigenvalue weighted by atomic mass is 10.2. The first kappa shape index (κ1) is 14.2. The monoisotopic (exact) mass is 372 g/mol. The minimum Gasteiger partial charge on any atom is -0.492 e. The van der Waals surface area contributed by atoms with E-state index in [2.05, 4.69) is 25.9 Å². The van der Waals surface area contributed by atoms with Crippen molar-refractivity contribution in [1.29, 1.82) is 0 Å². The Hall–Kier alpha value is -1.73. The molecule has 0 spiro atoms. The van der Waals surface area contributed by atoms with Gasteiger partial charge < -0.3 is 19.6 Å². The minimum absolute atomic E-state index is 0.0216. The standard InChI is InChI=1S/C13H10BrClN2O4/c14-9-12(18)16-11(17-13(9)19)6-4-7(15)10-8(5-6)20-2-1-3-21-10/h4-5H,1-3H2,(H2,16,17,18,19). The highest BCUT2D eigenvalue weighted by atomic mass is 79.9. The van der Waals surface area contributed by atoms with Gasteiger partial charge in [0.15, 0.2) is 11.5 Å². The van der Waals surface area contributed by atoms with Gasteiger partial charge >= 0.3 is 0 Å². The summed E-state index contributed by atoms with van der Waals surface area (Å²) in [6.07, 6.45) is 0.758. The van der Waals surface area contributed by atoms with E-state index in [1.54, 1.807) is 12.1 Å².